The molecule has 0 bridgehead atoms. The molecule has 0 spiro atoms. The third-order valence-electron chi connectivity index (χ3n) is 2.35. The average Bonchev–Trinajstić information content (AvgIpc) is 2.36. The van der Waals surface area contributed by atoms with Crippen LogP contribution in [0.4, 0.5) is 13.2 Å². The third kappa shape index (κ3) is 3.37. The van der Waals surface area contributed by atoms with Crippen LogP contribution in [0.1, 0.15) is 30.6 Å². The van der Waals surface area contributed by atoms with Gasteiger partial charge in [-0.3, -0.25) is 0 Å². The van der Waals surface area contributed by atoms with Gasteiger partial charge in [0.2, 0.25) is 0 Å². The largest absolute Gasteiger partial charge is 0.496 e. The molecule has 0 aromatic heterocycles. The summed E-state index contributed by atoms with van der Waals surface area (Å²) < 4.78 is 48.0. The normalized spacial score (nSPS) is 12.4. The van der Waals surface area contributed by atoms with E-state index in [4.69, 9.17) is 4.74 Å². The maximum absolute atomic E-state index is 13.3. The molecule has 1 aromatic rings. The number of rotatable bonds is 5. The first-order chi connectivity index (χ1) is 8.92. The Morgan fingerprint density at radius 1 is 1.37 bits per heavy atom. The average molecular weight is 278 g/mol. The number of esters is 1. The van der Waals surface area contributed by atoms with Crippen LogP contribution in [0.3, 0.4) is 0 Å². The number of hydrogen-bond donors (Lipinski definition) is 1. The Hall–Kier alpha value is -1.76. The lowest BCUT2D eigenvalue weighted by Crippen LogP contribution is -2.17. The minimum Gasteiger partial charge on any atom is -0.496 e. The zero-order chi connectivity index (χ0) is 14.6. The SMILES string of the molecule is CCOC(=O)C(O)c1cc(F)cc(C(F)F)c1OC. The van der Waals surface area contributed by atoms with Crippen molar-refractivity contribution in [3.63, 3.8) is 0 Å². The number of benzene rings is 1. The predicted octanol–water partition coefficient (Wildman–Crippen LogP) is 2.37. The molecule has 0 aliphatic heterocycles. The zero-order valence-electron chi connectivity index (χ0n) is 10.3. The predicted molar refractivity (Wildman–Crippen MR) is 59.5 cm³/mol. The molecule has 7 heteroatoms. The molecule has 0 radical (unpaired) electrons. The van der Waals surface area contributed by atoms with Gasteiger partial charge in [-0.05, 0) is 19.1 Å². The van der Waals surface area contributed by atoms with Crippen molar-refractivity contribution in [2.45, 2.75) is 19.5 Å². The fourth-order valence-corrected chi connectivity index (χ4v) is 1.59. The van der Waals surface area contributed by atoms with E-state index in [0.717, 1.165) is 13.2 Å². The number of carbonyl (C=O) groups excluding carboxylic acids is 1. The molecule has 1 aromatic carbocycles. The molecular formula is C12H13F3O4. The molecule has 1 rings (SSSR count). The van der Waals surface area contributed by atoms with Gasteiger partial charge in [-0.25, -0.2) is 18.0 Å². The molecule has 0 saturated carbocycles. The highest BCUT2D eigenvalue weighted by molar-refractivity contribution is 5.77. The van der Waals surface area contributed by atoms with Crippen LogP contribution in [0.25, 0.3) is 0 Å². The van der Waals surface area contributed by atoms with E-state index in [-0.39, 0.29) is 6.61 Å². The first-order valence-electron chi connectivity index (χ1n) is 5.42. The summed E-state index contributed by atoms with van der Waals surface area (Å²) in [5, 5.41) is 9.70. The van der Waals surface area contributed by atoms with Gasteiger partial charge in [0, 0.05) is 5.56 Å². The topological polar surface area (TPSA) is 55.8 Å². The van der Waals surface area contributed by atoms with Gasteiger partial charge in [0.1, 0.15) is 11.6 Å². The highest BCUT2D eigenvalue weighted by atomic mass is 19.3. The second-order valence-corrected chi connectivity index (χ2v) is 3.57. The first-order valence-corrected chi connectivity index (χ1v) is 5.42. The standard InChI is InChI=1S/C12H13F3O4/c1-3-19-12(17)9(16)7-4-6(13)5-8(11(14)15)10(7)18-2/h4-5,9,11,16H,3H2,1-2H3. The van der Waals surface area contributed by atoms with Crippen molar-refractivity contribution in [1.82, 2.24) is 0 Å². The molecule has 106 valence electrons. The molecule has 1 atom stereocenters. The van der Waals surface area contributed by atoms with Crippen LogP contribution in [-0.4, -0.2) is 24.8 Å². The van der Waals surface area contributed by atoms with Crippen molar-refractivity contribution in [3.05, 3.63) is 29.1 Å². The molecule has 0 fully saturated rings. The third-order valence-corrected chi connectivity index (χ3v) is 2.35. The van der Waals surface area contributed by atoms with E-state index in [1.165, 1.54) is 6.92 Å². The van der Waals surface area contributed by atoms with Crippen LogP contribution >= 0.6 is 0 Å². The van der Waals surface area contributed by atoms with Gasteiger partial charge in [-0.2, -0.15) is 0 Å². The zero-order valence-corrected chi connectivity index (χ0v) is 10.3. The summed E-state index contributed by atoms with van der Waals surface area (Å²) in [6.07, 6.45) is -4.89. The van der Waals surface area contributed by atoms with E-state index >= 15 is 0 Å². The maximum Gasteiger partial charge on any atom is 0.339 e. The summed E-state index contributed by atoms with van der Waals surface area (Å²) >= 11 is 0. The summed E-state index contributed by atoms with van der Waals surface area (Å²) in [5.41, 5.74) is -1.13. The first kappa shape index (κ1) is 15.3. The Balaban J connectivity index is 3.29. The monoisotopic (exact) mass is 278 g/mol. The maximum atomic E-state index is 13.3. The highest BCUT2D eigenvalue weighted by Crippen LogP contribution is 2.36. The van der Waals surface area contributed by atoms with Crippen LogP contribution in [0.5, 0.6) is 5.75 Å². The van der Waals surface area contributed by atoms with Gasteiger partial charge in [0.15, 0.2) is 6.10 Å². The number of methoxy groups -OCH3 is 1. The Labute approximate surface area is 107 Å². The molecule has 0 aliphatic carbocycles. The van der Waals surface area contributed by atoms with E-state index in [1.54, 1.807) is 0 Å². The number of ether oxygens (including phenoxy) is 2. The summed E-state index contributed by atoms with van der Waals surface area (Å²) in [7, 11) is 1.08. The smallest absolute Gasteiger partial charge is 0.339 e. The molecule has 19 heavy (non-hydrogen) atoms. The van der Waals surface area contributed by atoms with Crippen LogP contribution in [0, 0.1) is 5.82 Å². The molecule has 0 aliphatic rings. The Morgan fingerprint density at radius 2 is 1.95 bits per heavy atom. The fraction of sp³-hybridized carbons (Fsp3) is 0.417. The Morgan fingerprint density at radius 3 is 2.42 bits per heavy atom. The lowest BCUT2D eigenvalue weighted by atomic mass is 10.0. The van der Waals surface area contributed by atoms with E-state index < -0.39 is 41.2 Å². The van der Waals surface area contributed by atoms with Crippen molar-refractivity contribution in [1.29, 1.82) is 0 Å². The Bertz CT molecular complexity index is 463. The van der Waals surface area contributed by atoms with Gasteiger partial charge < -0.3 is 14.6 Å². The summed E-state index contributed by atoms with van der Waals surface area (Å²) in [6.45, 7) is 1.51. The number of alkyl halides is 2. The lowest BCUT2D eigenvalue weighted by molar-refractivity contribution is -0.153. The van der Waals surface area contributed by atoms with Crippen LogP contribution in [0.2, 0.25) is 0 Å². The fourth-order valence-electron chi connectivity index (χ4n) is 1.59. The molecular weight excluding hydrogens is 265 g/mol. The highest BCUT2D eigenvalue weighted by Gasteiger charge is 2.27. The second kappa shape index (κ2) is 6.42. The number of halogens is 3. The number of aliphatic hydroxyl groups excluding tert-OH is 1. The summed E-state index contributed by atoms with van der Waals surface area (Å²) in [5.74, 6) is -2.50. The second-order valence-electron chi connectivity index (χ2n) is 3.57. The van der Waals surface area contributed by atoms with E-state index in [1.807, 2.05) is 0 Å². The van der Waals surface area contributed by atoms with Crippen LogP contribution < -0.4 is 4.74 Å². The Kier molecular flexibility index (Phi) is 5.17. The van der Waals surface area contributed by atoms with Gasteiger partial charge >= 0.3 is 5.97 Å². The minimum atomic E-state index is -3.00. The number of hydrogen-bond acceptors (Lipinski definition) is 4. The minimum absolute atomic E-state index is 0.00473. The molecule has 0 heterocycles. The van der Waals surface area contributed by atoms with Crippen molar-refractivity contribution in [2.75, 3.05) is 13.7 Å². The summed E-state index contributed by atoms with van der Waals surface area (Å²) in [4.78, 5) is 11.4. The van der Waals surface area contributed by atoms with Crippen molar-refractivity contribution in [3.8, 4) is 5.75 Å². The van der Waals surface area contributed by atoms with Gasteiger partial charge in [0.05, 0.1) is 19.3 Å². The van der Waals surface area contributed by atoms with Crippen molar-refractivity contribution in [2.24, 2.45) is 0 Å². The van der Waals surface area contributed by atoms with Gasteiger partial charge in [0.25, 0.3) is 6.43 Å². The lowest BCUT2D eigenvalue weighted by Gasteiger charge is -2.17. The van der Waals surface area contributed by atoms with E-state index in [9.17, 15) is 23.1 Å². The molecule has 0 saturated heterocycles. The number of aliphatic hydroxyl groups is 1. The number of carbonyl (C=O) groups is 1. The van der Waals surface area contributed by atoms with Gasteiger partial charge in [-0.1, -0.05) is 0 Å². The molecule has 1 N–H and O–H groups in total. The van der Waals surface area contributed by atoms with Crippen LogP contribution in [0.15, 0.2) is 12.1 Å². The molecule has 4 nitrogen and oxygen atoms in total. The van der Waals surface area contributed by atoms with Crippen LogP contribution in [-0.2, 0) is 9.53 Å². The molecule has 0 amide bonds. The summed E-state index contributed by atoms with van der Waals surface area (Å²) in [6, 6.07) is 1.34. The van der Waals surface area contributed by atoms with Crippen molar-refractivity contribution >= 4 is 5.97 Å². The van der Waals surface area contributed by atoms with Crippen molar-refractivity contribution < 1.29 is 32.5 Å². The quantitative estimate of drug-likeness (QED) is 0.840. The molecule has 1 unspecified atom stereocenters. The van der Waals surface area contributed by atoms with E-state index in [2.05, 4.69) is 4.74 Å². The van der Waals surface area contributed by atoms with E-state index in [0.29, 0.717) is 6.07 Å². The van der Waals surface area contributed by atoms with Gasteiger partial charge in [-0.15, -0.1) is 0 Å².